The molecule has 0 aromatic heterocycles. The van der Waals surface area contributed by atoms with Gasteiger partial charge < -0.3 is 11.1 Å². The van der Waals surface area contributed by atoms with Crippen LogP contribution in [0.3, 0.4) is 0 Å². The summed E-state index contributed by atoms with van der Waals surface area (Å²) in [6.07, 6.45) is 8.50. The summed E-state index contributed by atoms with van der Waals surface area (Å²) < 4.78 is 0. The molecule has 4 bridgehead atoms. The maximum atomic E-state index is 12.9. The Bertz CT molecular complexity index is 644. The summed E-state index contributed by atoms with van der Waals surface area (Å²) in [5, 5.41) is 7.22. The summed E-state index contributed by atoms with van der Waals surface area (Å²) in [5.41, 5.74) is 8.77. The second kappa shape index (κ2) is 7.47. The predicted molar refractivity (Wildman–Crippen MR) is 105 cm³/mol. The third kappa shape index (κ3) is 4.50. The number of nitrogens with two attached hydrogens (primary N) is 1. The SMILES string of the molecule is CC(C)=CC(=O)C/C(=N\NC(N)=S)C(=O)NC12CC3CC(CC(C3)C1)C2. The molecular formula is C19H28N4O2S. The largest absolute Gasteiger partial charge is 0.375 e. The molecule has 0 spiro atoms. The van der Waals surface area contributed by atoms with Crippen LogP contribution in [0, 0.1) is 17.8 Å². The highest BCUT2D eigenvalue weighted by atomic mass is 32.1. The quantitative estimate of drug-likeness (QED) is 0.286. The van der Waals surface area contributed by atoms with Crippen molar-refractivity contribution in [3.63, 3.8) is 0 Å². The number of hydrogen-bond acceptors (Lipinski definition) is 4. The molecule has 0 aromatic carbocycles. The first-order valence-corrected chi connectivity index (χ1v) is 9.78. The van der Waals surface area contributed by atoms with E-state index in [2.05, 4.69) is 15.8 Å². The lowest BCUT2D eigenvalue weighted by atomic mass is 9.53. The van der Waals surface area contributed by atoms with Gasteiger partial charge in [0.2, 0.25) is 0 Å². The van der Waals surface area contributed by atoms with E-state index in [4.69, 9.17) is 18.0 Å². The van der Waals surface area contributed by atoms with E-state index < -0.39 is 0 Å². The zero-order valence-corrected chi connectivity index (χ0v) is 16.3. The Balaban J connectivity index is 1.73. The van der Waals surface area contributed by atoms with Gasteiger partial charge in [-0.2, -0.15) is 5.10 Å². The molecule has 0 aliphatic heterocycles. The van der Waals surface area contributed by atoms with E-state index in [1.807, 2.05) is 13.8 Å². The summed E-state index contributed by atoms with van der Waals surface area (Å²) >= 11 is 4.77. The molecule has 0 saturated heterocycles. The molecule has 4 saturated carbocycles. The van der Waals surface area contributed by atoms with E-state index in [0.29, 0.717) is 0 Å². The molecule has 4 N–H and O–H groups in total. The minimum absolute atomic E-state index is 0.0280. The van der Waals surface area contributed by atoms with Crippen LogP contribution in [0.2, 0.25) is 0 Å². The molecule has 4 fully saturated rings. The summed E-state index contributed by atoms with van der Waals surface area (Å²) in [4.78, 5) is 25.1. The maximum Gasteiger partial charge on any atom is 0.268 e. The van der Waals surface area contributed by atoms with Crippen LogP contribution in [0.25, 0.3) is 0 Å². The number of ketones is 1. The van der Waals surface area contributed by atoms with Gasteiger partial charge >= 0.3 is 0 Å². The Hall–Kier alpha value is -1.76. The number of thiocarbonyl (C=S) groups is 1. The number of hydrazone groups is 1. The van der Waals surface area contributed by atoms with Gasteiger partial charge in [-0.1, -0.05) is 5.57 Å². The fourth-order valence-electron chi connectivity index (χ4n) is 5.41. The van der Waals surface area contributed by atoms with E-state index in [9.17, 15) is 9.59 Å². The van der Waals surface area contributed by atoms with Crippen LogP contribution in [0.1, 0.15) is 58.8 Å². The minimum Gasteiger partial charge on any atom is -0.375 e. The van der Waals surface area contributed by atoms with Crippen LogP contribution in [-0.4, -0.2) is 28.1 Å². The lowest BCUT2D eigenvalue weighted by molar-refractivity contribution is -0.121. The monoisotopic (exact) mass is 376 g/mol. The number of rotatable bonds is 6. The topological polar surface area (TPSA) is 96.6 Å². The Labute approximate surface area is 160 Å². The van der Waals surface area contributed by atoms with Crippen molar-refractivity contribution in [1.82, 2.24) is 10.7 Å². The van der Waals surface area contributed by atoms with E-state index in [0.717, 1.165) is 42.6 Å². The van der Waals surface area contributed by atoms with Gasteiger partial charge in [-0.05, 0) is 88.4 Å². The van der Waals surface area contributed by atoms with Crippen LogP contribution in [0.5, 0.6) is 0 Å². The van der Waals surface area contributed by atoms with Crippen molar-refractivity contribution < 1.29 is 9.59 Å². The molecule has 1 amide bonds. The Morgan fingerprint density at radius 1 is 1.15 bits per heavy atom. The van der Waals surface area contributed by atoms with Crippen LogP contribution in [-0.2, 0) is 9.59 Å². The number of carbonyl (C=O) groups is 2. The molecule has 0 aromatic rings. The number of amides is 1. The summed E-state index contributed by atoms with van der Waals surface area (Å²) in [6.45, 7) is 3.69. The van der Waals surface area contributed by atoms with E-state index in [1.54, 1.807) is 0 Å². The zero-order chi connectivity index (χ0) is 18.9. The van der Waals surface area contributed by atoms with Crippen LogP contribution in [0.15, 0.2) is 16.8 Å². The number of nitrogens with zero attached hydrogens (tertiary/aromatic N) is 1. The Morgan fingerprint density at radius 3 is 2.15 bits per heavy atom. The highest BCUT2D eigenvalue weighted by Crippen LogP contribution is 2.55. The van der Waals surface area contributed by atoms with Crippen LogP contribution < -0.4 is 16.5 Å². The van der Waals surface area contributed by atoms with Gasteiger partial charge in [0.05, 0.1) is 6.42 Å². The van der Waals surface area contributed by atoms with Crippen molar-refractivity contribution in [2.24, 2.45) is 28.6 Å². The van der Waals surface area contributed by atoms with Crippen molar-refractivity contribution >= 4 is 34.7 Å². The van der Waals surface area contributed by atoms with E-state index in [-0.39, 0.29) is 34.5 Å². The Morgan fingerprint density at radius 2 is 1.69 bits per heavy atom. The molecule has 4 aliphatic carbocycles. The lowest BCUT2D eigenvalue weighted by Gasteiger charge is -2.56. The lowest BCUT2D eigenvalue weighted by Crippen LogP contribution is -2.61. The maximum absolute atomic E-state index is 12.9. The highest BCUT2D eigenvalue weighted by molar-refractivity contribution is 7.80. The molecule has 0 heterocycles. The van der Waals surface area contributed by atoms with Gasteiger partial charge in [-0.25, -0.2) is 0 Å². The average Bonchev–Trinajstić information content (AvgIpc) is 2.48. The number of nitrogens with one attached hydrogen (secondary N) is 2. The van der Waals surface area contributed by atoms with Crippen molar-refractivity contribution in [2.75, 3.05) is 0 Å². The molecule has 7 heteroatoms. The molecule has 6 nitrogen and oxygen atoms in total. The fraction of sp³-hybridized carbons (Fsp3) is 0.684. The second-order valence-corrected chi connectivity index (χ2v) is 8.99. The summed E-state index contributed by atoms with van der Waals surface area (Å²) in [7, 11) is 0. The summed E-state index contributed by atoms with van der Waals surface area (Å²) in [5.74, 6) is 1.73. The molecule has 142 valence electrons. The summed E-state index contributed by atoms with van der Waals surface area (Å²) in [6, 6.07) is 0. The standard InChI is InChI=1S/C19H28N4O2S/c1-11(2)3-15(24)7-16(22-23-18(20)26)17(25)21-19-8-12-4-13(9-19)6-14(5-12)10-19/h3,12-14H,4-10H2,1-2H3,(H,21,25)(H3,20,23,26)/b22-16+. The van der Waals surface area contributed by atoms with E-state index >= 15 is 0 Å². The van der Waals surface area contributed by atoms with Crippen molar-refractivity contribution in [3.05, 3.63) is 11.6 Å². The van der Waals surface area contributed by atoms with Gasteiger partial charge in [-0.3, -0.25) is 15.0 Å². The first-order valence-electron chi connectivity index (χ1n) is 9.37. The molecule has 4 aliphatic rings. The Kier molecular flexibility index (Phi) is 5.46. The number of carbonyl (C=O) groups excluding carboxylic acids is 2. The molecular weight excluding hydrogens is 348 g/mol. The number of hydrogen-bond donors (Lipinski definition) is 3. The van der Waals surface area contributed by atoms with Gasteiger partial charge in [0.25, 0.3) is 5.91 Å². The van der Waals surface area contributed by atoms with Gasteiger partial charge in [0, 0.05) is 5.54 Å². The van der Waals surface area contributed by atoms with Crippen LogP contribution in [0.4, 0.5) is 0 Å². The molecule has 0 radical (unpaired) electrons. The normalized spacial score (nSPS) is 32.1. The molecule has 0 atom stereocenters. The van der Waals surface area contributed by atoms with E-state index in [1.165, 1.54) is 25.3 Å². The van der Waals surface area contributed by atoms with Crippen molar-refractivity contribution in [3.8, 4) is 0 Å². The first kappa shape index (κ1) is 19.0. The molecule has 0 unspecified atom stereocenters. The molecule has 4 rings (SSSR count). The minimum atomic E-state index is -0.286. The second-order valence-electron chi connectivity index (χ2n) is 8.55. The third-order valence-corrected chi connectivity index (χ3v) is 5.86. The van der Waals surface area contributed by atoms with Crippen molar-refractivity contribution in [2.45, 2.75) is 64.3 Å². The average molecular weight is 377 g/mol. The van der Waals surface area contributed by atoms with Crippen LogP contribution >= 0.6 is 12.2 Å². The number of allylic oxidation sites excluding steroid dienone is 2. The van der Waals surface area contributed by atoms with Gasteiger partial charge in [0.15, 0.2) is 10.9 Å². The fourth-order valence-corrected chi connectivity index (χ4v) is 5.45. The zero-order valence-electron chi connectivity index (χ0n) is 15.5. The smallest absolute Gasteiger partial charge is 0.268 e. The predicted octanol–water partition coefficient (Wildman–Crippen LogP) is 2.19. The van der Waals surface area contributed by atoms with Crippen molar-refractivity contribution in [1.29, 1.82) is 0 Å². The first-order chi connectivity index (χ1) is 12.2. The van der Waals surface area contributed by atoms with Gasteiger partial charge in [-0.15, -0.1) is 0 Å². The third-order valence-electron chi connectivity index (χ3n) is 5.77. The molecule has 26 heavy (non-hydrogen) atoms. The van der Waals surface area contributed by atoms with Gasteiger partial charge in [0.1, 0.15) is 5.71 Å². The highest BCUT2D eigenvalue weighted by Gasteiger charge is 2.51.